The number of hydrogen-bond acceptors (Lipinski definition) is 7. The van der Waals surface area contributed by atoms with Crippen LogP contribution >= 0.6 is 23.5 Å². The minimum Gasteiger partial charge on any atom is -0.384 e. The van der Waals surface area contributed by atoms with Crippen molar-refractivity contribution >= 4 is 40.2 Å². The van der Waals surface area contributed by atoms with Crippen LogP contribution in [0.1, 0.15) is 23.4 Å². The van der Waals surface area contributed by atoms with Gasteiger partial charge in [0.2, 0.25) is 0 Å². The Labute approximate surface area is 156 Å². The fourth-order valence-electron chi connectivity index (χ4n) is 2.59. The largest absolute Gasteiger partial charge is 0.384 e. The van der Waals surface area contributed by atoms with E-state index in [4.69, 9.17) is 5.73 Å². The topological polar surface area (TPSA) is 83.7 Å². The summed E-state index contributed by atoms with van der Waals surface area (Å²) in [5.41, 5.74) is 9.21. The molecule has 3 rings (SSSR count). The van der Waals surface area contributed by atoms with Gasteiger partial charge in [-0.05, 0) is 38.9 Å². The molecule has 3 N–H and O–H groups in total. The van der Waals surface area contributed by atoms with E-state index >= 15 is 0 Å². The van der Waals surface area contributed by atoms with E-state index in [1.807, 2.05) is 12.5 Å². The number of aromatic nitrogens is 4. The maximum absolute atomic E-state index is 5.87. The molecule has 1 atom stereocenters. The fraction of sp³-hybridized carbons (Fsp3) is 0.353. The number of nitrogen functional groups attached to an aromatic ring is 1. The summed E-state index contributed by atoms with van der Waals surface area (Å²) in [5.74, 6) is 0.497. The predicted octanol–water partition coefficient (Wildman–Crippen LogP) is 3.57. The van der Waals surface area contributed by atoms with Gasteiger partial charge in [-0.2, -0.15) is 0 Å². The van der Waals surface area contributed by atoms with Gasteiger partial charge in [-0.15, -0.1) is 11.8 Å². The van der Waals surface area contributed by atoms with Crippen molar-refractivity contribution in [2.24, 2.45) is 0 Å². The highest BCUT2D eigenvalue weighted by molar-refractivity contribution is 7.99. The van der Waals surface area contributed by atoms with Gasteiger partial charge in [0, 0.05) is 24.2 Å². The van der Waals surface area contributed by atoms with Crippen molar-refractivity contribution in [3.63, 3.8) is 0 Å². The summed E-state index contributed by atoms with van der Waals surface area (Å²) in [4.78, 5) is 18.9. The van der Waals surface area contributed by atoms with Crippen molar-refractivity contribution in [2.45, 2.75) is 28.9 Å². The zero-order valence-corrected chi connectivity index (χ0v) is 16.4. The van der Waals surface area contributed by atoms with Gasteiger partial charge in [0.05, 0.1) is 22.7 Å². The molecule has 0 saturated carbocycles. The molecule has 1 unspecified atom stereocenters. The molecule has 3 aromatic heterocycles. The molecule has 8 heteroatoms. The molecule has 3 heterocycles. The standard InChI is InChI=1S/C17H22N6S2/c1-10(25-17-21-15(18)6-16(22-17)24-4)13-5-12-11(9-23(2)3)7-19-14(12)8-20-13/h5-8,10,19H,9H2,1-4H3,(H2,18,21,22). The van der Waals surface area contributed by atoms with Crippen LogP contribution in [0.4, 0.5) is 5.82 Å². The highest BCUT2D eigenvalue weighted by Crippen LogP contribution is 2.34. The molecule has 3 aromatic rings. The maximum atomic E-state index is 5.87. The minimum absolute atomic E-state index is 0.128. The summed E-state index contributed by atoms with van der Waals surface area (Å²) in [5, 5.41) is 2.90. The first-order valence-electron chi connectivity index (χ1n) is 7.92. The van der Waals surface area contributed by atoms with Crippen LogP contribution in [0.3, 0.4) is 0 Å². The monoisotopic (exact) mass is 374 g/mol. The lowest BCUT2D eigenvalue weighted by molar-refractivity contribution is 0.404. The van der Waals surface area contributed by atoms with Crippen LogP contribution < -0.4 is 5.73 Å². The van der Waals surface area contributed by atoms with Crippen LogP contribution in [0.2, 0.25) is 0 Å². The smallest absolute Gasteiger partial charge is 0.191 e. The van der Waals surface area contributed by atoms with E-state index in [1.54, 1.807) is 29.6 Å². The van der Waals surface area contributed by atoms with Gasteiger partial charge in [0.25, 0.3) is 0 Å². The van der Waals surface area contributed by atoms with Crippen molar-refractivity contribution < 1.29 is 0 Å². The number of rotatable bonds is 6. The number of nitrogens with one attached hydrogen (secondary N) is 1. The molecular weight excluding hydrogens is 352 g/mol. The lowest BCUT2D eigenvalue weighted by atomic mass is 10.1. The van der Waals surface area contributed by atoms with Crippen LogP contribution in [0.5, 0.6) is 0 Å². The third-order valence-electron chi connectivity index (χ3n) is 3.77. The first kappa shape index (κ1) is 18.0. The van der Waals surface area contributed by atoms with Crippen molar-refractivity contribution in [3.8, 4) is 0 Å². The number of hydrogen-bond donors (Lipinski definition) is 2. The number of aromatic amines is 1. The molecule has 0 spiro atoms. The molecule has 25 heavy (non-hydrogen) atoms. The molecule has 132 valence electrons. The van der Waals surface area contributed by atoms with Crippen LogP contribution in [0.25, 0.3) is 10.9 Å². The molecule has 0 amide bonds. The van der Waals surface area contributed by atoms with Gasteiger partial charge in [0.1, 0.15) is 10.8 Å². The van der Waals surface area contributed by atoms with E-state index in [2.05, 4.69) is 58.1 Å². The third-order valence-corrected chi connectivity index (χ3v) is 5.39. The zero-order valence-electron chi connectivity index (χ0n) is 14.8. The molecule has 0 saturated heterocycles. The van der Waals surface area contributed by atoms with Crippen molar-refractivity contribution in [1.82, 2.24) is 24.8 Å². The Morgan fingerprint density at radius 3 is 2.80 bits per heavy atom. The van der Waals surface area contributed by atoms with E-state index < -0.39 is 0 Å². The van der Waals surface area contributed by atoms with Crippen LogP contribution in [-0.4, -0.2) is 45.2 Å². The molecule has 0 aromatic carbocycles. The van der Waals surface area contributed by atoms with Gasteiger partial charge in [-0.25, -0.2) is 9.97 Å². The summed E-state index contributed by atoms with van der Waals surface area (Å²) < 4.78 is 0. The van der Waals surface area contributed by atoms with Crippen LogP contribution in [0.15, 0.2) is 34.7 Å². The molecule has 0 aliphatic heterocycles. The summed E-state index contributed by atoms with van der Waals surface area (Å²) in [6.45, 7) is 3.00. The second-order valence-electron chi connectivity index (χ2n) is 6.08. The Balaban J connectivity index is 1.86. The quantitative estimate of drug-likeness (QED) is 0.388. The lowest BCUT2D eigenvalue weighted by Gasteiger charge is -2.12. The van der Waals surface area contributed by atoms with Crippen LogP contribution in [-0.2, 0) is 6.54 Å². The molecule has 0 fully saturated rings. The highest BCUT2D eigenvalue weighted by atomic mass is 32.2. The Morgan fingerprint density at radius 2 is 2.08 bits per heavy atom. The van der Waals surface area contributed by atoms with Crippen molar-refractivity contribution in [3.05, 3.63) is 35.8 Å². The van der Waals surface area contributed by atoms with E-state index in [0.29, 0.717) is 11.0 Å². The number of nitrogens with zero attached hydrogens (tertiary/aromatic N) is 4. The van der Waals surface area contributed by atoms with Gasteiger partial charge in [0.15, 0.2) is 5.16 Å². The normalized spacial score (nSPS) is 12.8. The molecule has 0 bridgehead atoms. The second kappa shape index (κ2) is 7.63. The number of anilines is 1. The van der Waals surface area contributed by atoms with Crippen LogP contribution in [0, 0.1) is 0 Å². The van der Waals surface area contributed by atoms with E-state index in [0.717, 1.165) is 22.8 Å². The zero-order chi connectivity index (χ0) is 18.0. The number of nitrogens with two attached hydrogens (primary N) is 1. The van der Waals surface area contributed by atoms with Crippen molar-refractivity contribution in [1.29, 1.82) is 0 Å². The molecule has 0 aliphatic rings. The molecular formula is C17H22N6S2. The summed E-state index contributed by atoms with van der Waals surface area (Å²) in [7, 11) is 4.14. The average Bonchev–Trinajstić information content (AvgIpc) is 2.95. The Morgan fingerprint density at radius 1 is 1.28 bits per heavy atom. The SMILES string of the molecule is CSc1cc(N)nc(SC(C)c2cc3c(CN(C)C)c[nH]c3cn2)n1. The maximum Gasteiger partial charge on any atom is 0.191 e. The number of pyridine rings is 1. The fourth-order valence-corrected chi connectivity index (χ4v) is 3.93. The van der Waals surface area contributed by atoms with Gasteiger partial charge in [-0.3, -0.25) is 4.98 Å². The van der Waals surface area contributed by atoms with E-state index in [-0.39, 0.29) is 5.25 Å². The first-order chi connectivity index (χ1) is 12.0. The highest BCUT2D eigenvalue weighted by Gasteiger charge is 2.14. The number of H-pyrrole nitrogens is 1. The summed E-state index contributed by atoms with van der Waals surface area (Å²) >= 11 is 3.13. The Kier molecular flexibility index (Phi) is 5.51. The van der Waals surface area contributed by atoms with E-state index in [9.17, 15) is 0 Å². The lowest BCUT2D eigenvalue weighted by Crippen LogP contribution is -2.10. The minimum atomic E-state index is 0.128. The van der Waals surface area contributed by atoms with Gasteiger partial charge in [-0.1, -0.05) is 11.8 Å². The summed E-state index contributed by atoms with van der Waals surface area (Å²) in [6, 6.07) is 3.95. The van der Waals surface area contributed by atoms with Gasteiger partial charge < -0.3 is 15.6 Å². The van der Waals surface area contributed by atoms with E-state index in [1.165, 1.54) is 10.9 Å². The van der Waals surface area contributed by atoms with Gasteiger partial charge >= 0.3 is 0 Å². The average molecular weight is 375 g/mol. The summed E-state index contributed by atoms with van der Waals surface area (Å²) in [6.07, 6.45) is 5.93. The first-order valence-corrected chi connectivity index (χ1v) is 10.0. The predicted molar refractivity (Wildman–Crippen MR) is 106 cm³/mol. The van der Waals surface area contributed by atoms with Crippen molar-refractivity contribution in [2.75, 3.05) is 26.1 Å². The Hall–Kier alpha value is -1.77. The molecule has 6 nitrogen and oxygen atoms in total. The number of thioether (sulfide) groups is 2. The Bertz CT molecular complexity index is 877. The molecule has 0 radical (unpaired) electrons. The number of fused-ring (bicyclic) bond motifs is 1. The molecule has 0 aliphatic carbocycles. The third kappa shape index (κ3) is 4.26. The second-order valence-corrected chi connectivity index (χ2v) is 8.22.